The summed E-state index contributed by atoms with van der Waals surface area (Å²) in [5, 5.41) is 4.28. The highest BCUT2D eigenvalue weighted by molar-refractivity contribution is 6.31. The molecule has 1 aromatic heterocycles. The van der Waals surface area contributed by atoms with Gasteiger partial charge >= 0.3 is 0 Å². The van der Waals surface area contributed by atoms with Crippen LogP contribution in [0.2, 0.25) is 5.02 Å². The van der Waals surface area contributed by atoms with Gasteiger partial charge in [0.15, 0.2) is 0 Å². The summed E-state index contributed by atoms with van der Waals surface area (Å²) in [4.78, 5) is 4.90. The summed E-state index contributed by atoms with van der Waals surface area (Å²) in [5.74, 6) is 1.83. The smallest absolute Gasteiger partial charge is 0.114 e. The van der Waals surface area contributed by atoms with Crippen molar-refractivity contribution in [3.05, 3.63) is 29.0 Å². The number of aromatic nitrogens is 2. The molecular weight excluding hydrogens is 258 g/mol. The number of nitrogens with zero attached hydrogens (tertiary/aromatic N) is 2. The van der Waals surface area contributed by atoms with Gasteiger partial charge < -0.3 is 9.88 Å². The first-order valence-corrected chi connectivity index (χ1v) is 7.59. The lowest BCUT2D eigenvalue weighted by atomic mass is 9.99. The van der Waals surface area contributed by atoms with Gasteiger partial charge in [0.2, 0.25) is 0 Å². The van der Waals surface area contributed by atoms with E-state index in [0.29, 0.717) is 12.0 Å². The molecule has 1 saturated heterocycles. The van der Waals surface area contributed by atoms with Crippen LogP contribution in [0.25, 0.3) is 11.0 Å². The number of halogens is 1. The lowest BCUT2D eigenvalue weighted by molar-refractivity contribution is 0.435. The van der Waals surface area contributed by atoms with E-state index in [0.717, 1.165) is 23.6 Å². The maximum atomic E-state index is 6.10. The van der Waals surface area contributed by atoms with Crippen LogP contribution in [0.3, 0.4) is 0 Å². The maximum absolute atomic E-state index is 6.10. The first kappa shape index (κ1) is 11.7. The minimum absolute atomic E-state index is 0.556. The van der Waals surface area contributed by atoms with Crippen LogP contribution in [0.15, 0.2) is 18.2 Å². The average Bonchev–Trinajstić information content (AvgIpc) is 3.20. The Morgan fingerprint density at radius 3 is 2.89 bits per heavy atom. The zero-order valence-electron chi connectivity index (χ0n) is 10.9. The number of fused-ring (bicyclic) bond motifs is 1. The Hall–Kier alpha value is -1.06. The topological polar surface area (TPSA) is 29.9 Å². The third-order valence-corrected chi connectivity index (χ3v) is 4.49. The fraction of sp³-hybridized carbons (Fsp3) is 0.533. The van der Waals surface area contributed by atoms with Crippen molar-refractivity contribution in [2.75, 3.05) is 13.1 Å². The Labute approximate surface area is 118 Å². The maximum Gasteiger partial charge on any atom is 0.114 e. The Morgan fingerprint density at radius 2 is 2.16 bits per heavy atom. The van der Waals surface area contributed by atoms with Crippen molar-refractivity contribution < 1.29 is 0 Å². The van der Waals surface area contributed by atoms with Crippen molar-refractivity contribution in [3.63, 3.8) is 0 Å². The van der Waals surface area contributed by atoms with Gasteiger partial charge in [0.1, 0.15) is 5.82 Å². The van der Waals surface area contributed by atoms with Crippen molar-refractivity contribution in [2.24, 2.45) is 0 Å². The average molecular weight is 276 g/mol. The van der Waals surface area contributed by atoms with Gasteiger partial charge in [0, 0.05) is 23.5 Å². The highest BCUT2D eigenvalue weighted by Crippen LogP contribution is 2.41. The minimum Gasteiger partial charge on any atom is -0.325 e. The summed E-state index contributed by atoms with van der Waals surface area (Å²) in [6.07, 6.45) is 5.08. The number of hydrogen-bond acceptors (Lipinski definition) is 2. The number of benzene rings is 1. The van der Waals surface area contributed by atoms with E-state index in [1.165, 1.54) is 37.0 Å². The van der Waals surface area contributed by atoms with Crippen LogP contribution in [-0.2, 0) is 0 Å². The van der Waals surface area contributed by atoms with Gasteiger partial charge in [0.25, 0.3) is 0 Å². The number of imidazole rings is 1. The fourth-order valence-corrected chi connectivity index (χ4v) is 3.33. The van der Waals surface area contributed by atoms with Crippen LogP contribution < -0.4 is 5.32 Å². The monoisotopic (exact) mass is 275 g/mol. The van der Waals surface area contributed by atoms with E-state index in [9.17, 15) is 0 Å². The van der Waals surface area contributed by atoms with Crippen LogP contribution in [-0.4, -0.2) is 22.6 Å². The highest BCUT2D eigenvalue weighted by atomic mass is 35.5. The van der Waals surface area contributed by atoms with E-state index in [1.807, 2.05) is 12.1 Å². The molecule has 4 heteroatoms. The number of piperidine rings is 1. The summed E-state index contributed by atoms with van der Waals surface area (Å²) in [6.45, 7) is 2.20. The number of nitrogens with one attached hydrogen (secondary N) is 1. The van der Waals surface area contributed by atoms with Crippen molar-refractivity contribution in [3.8, 4) is 0 Å². The highest BCUT2D eigenvalue weighted by Gasteiger charge is 2.31. The van der Waals surface area contributed by atoms with Gasteiger partial charge in [-0.1, -0.05) is 11.6 Å². The fourth-order valence-electron chi connectivity index (χ4n) is 3.17. The SMILES string of the molecule is Clc1ccc2c(c1)nc(C1CCCNC1)n2C1CC1. The molecule has 4 rings (SSSR count). The molecule has 1 aliphatic carbocycles. The second-order valence-corrected chi connectivity index (χ2v) is 6.18. The molecule has 1 saturated carbocycles. The molecule has 1 unspecified atom stereocenters. The molecule has 0 radical (unpaired) electrons. The number of rotatable bonds is 2. The molecule has 1 aromatic carbocycles. The molecule has 0 bridgehead atoms. The summed E-state index contributed by atoms with van der Waals surface area (Å²) in [7, 11) is 0. The van der Waals surface area contributed by atoms with Crippen molar-refractivity contribution in [2.45, 2.75) is 37.6 Å². The first-order chi connectivity index (χ1) is 9.33. The van der Waals surface area contributed by atoms with E-state index >= 15 is 0 Å². The van der Waals surface area contributed by atoms with Gasteiger partial charge in [-0.25, -0.2) is 4.98 Å². The summed E-state index contributed by atoms with van der Waals surface area (Å²) in [6, 6.07) is 6.77. The third-order valence-electron chi connectivity index (χ3n) is 4.25. The van der Waals surface area contributed by atoms with E-state index in [1.54, 1.807) is 0 Å². The second-order valence-electron chi connectivity index (χ2n) is 5.75. The zero-order chi connectivity index (χ0) is 12.8. The van der Waals surface area contributed by atoms with Crippen LogP contribution in [0.4, 0.5) is 0 Å². The molecule has 19 heavy (non-hydrogen) atoms. The van der Waals surface area contributed by atoms with Crippen LogP contribution in [0.5, 0.6) is 0 Å². The van der Waals surface area contributed by atoms with Crippen LogP contribution in [0.1, 0.15) is 43.5 Å². The molecule has 3 nitrogen and oxygen atoms in total. The summed E-state index contributed by atoms with van der Waals surface area (Å²) < 4.78 is 2.48. The van der Waals surface area contributed by atoms with Crippen molar-refractivity contribution in [1.29, 1.82) is 0 Å². The van der Waals surface area contributed by atoms with E-state index in [2.05, 4.69) is 16.0 Å². The Bertz CT molecular complexity index is 609. The van der Waals surface area contributed by atoms with Gasteiger partial charge in [-0.3, -0.25) is 0 Å². The van der Waals surface area contributed by atoms with E-state index in [-0.39, 0.29) is 0 Å². The number of hydrogen-bond donors (Lipinski definition) is 1. The molecule has 0 spiro atoms. The minimum atomic E-state index is 0.556. The molecule has 0 amide bonds. The molecule has 2 fully saturated rings. The predicted molar refractivity (Wildman–Crippen MR) is 77.9 cm³/mol. The van der Waals surface area contributed by atoms with E-state index < -0.39 is 0 Å². The normalized spacial score (nSPS) is 23.9. The summed E-state index contributed by atoms with van der Waals surface area (Å²) in [5.41, 5.74) is 2.31. The molecule has 1 atom stereocenters. The van der Waals surface area contributed by atoms with Gasteiger partial charge in [-0.15, -0.1) is 0 Å². The lowest BCUT2D eigenvalue weighted by Crippen LogP contribution is -2.30. The molecule has 2 aromatic rings. The van der Waals surface area contributed by atoms with Crippen molar-refractivity contribution in [1.82, 2.24) is 14.9 Å². The molecule has 1 aliphatic heterocycles. The van der Waals surface area contributed by atoms with Gasteiger partial charge in [-0.2, -0.15) is 0 Å². The predicted octanol–water partition coefficient (Wildman–Crippen LogP) is 3.49. The molecular formula is C15H18ClN3. The molecule has 2 aliphatic rings. The molecule has 1 N–H and O–H groups in total. The first-order valence-electron chi connectivity index (χ1n) is 7.21. The third kappa shape index (κ3) is 2.05. The Kier molecular flexibility index (Phi) is 2.78. The summed E-state index contributed by atoms with van der Waals surface area (Å²) >= 11 is 6.10. The van der Waals surface area contributed by atoms with E-state index in [4.69, 9.17) is 16.6 Å². The molecule has 100 valence electrons. The largest absolute Gasteiger partial charge is 0.325 e. The standard InChI is InChI=1S/C15H18ClN3/c16-11-3-6-14-13(8-11)18-15(19(14)12-4-5-12)10-2-1-7-17-9-10/h3,6,8,10,12,17H,1-2,4-5,7,9H2. The Balaban J connectivity index is 1.85. The van der Waals surface area contributed by atoms with Crippen molar-refractivity contribution >= 4 is 22.6 Å². The second kappa shape index (κ2) is 4.50. The zero-order valence-corrected chi connectivity index (χ0v) is 11.7. The molecule has 2 heterocycles. The van der Waals surface area contributed by atoms with Crippen LogP contribution >= 0.6 is 11.6 Å². The Morgan fingerprint density at radius 1 is 1.26 bits per heavy atom. The lowest BCUT2D eigenvalue weighted by Gasteiger charge is -2.23. The quantitative estimate of drug-likeness (QED) is 0.909. The van der Waals surface area contributed by atoms with Gasteiger partial charge in [0.05, 0.1) is 11.0 Å². The van der Waals surface area contributed by atoms with Gasteiger partial charge in [-0.05, 0) is 50.4 Å². The van der Waals surface area contributed by atoms with Crippen LogP contribution in [0, 0.1) is 0 Å².